The lowest BCUT2D eigenvalue weighted by atomic mass is 10.2. The van der Waals surface area contributed by atoms with Crippen LogP contribution in [-0.2, 0) is 4.79 Å². The molecule has 2 rings (SSSR count). The van der Waals surface area contributed by atoms with Crippen molar-refractivity contribution < 1.29 is 28.6 Å². The minimum absolute atomic E-state index is 0.0217. The number of amides is 1. The zero-order chi connectivity index (χ0) is 20.0. The lowest BCUT2D eigenvalue weighted by Crippen LogP contribution is -2.30. The first-order valence-electron chi connectivity index (χ1n) is 8.47. The van der Waals surface area contributed by atoms with Gasteiger partial charge >= 0.3 is 5.97 Å². The minimum Gasteiger partial charge on any atom is -0.491 e. The number of hydrogen-bond acceptors (Lipinski definition) is 4. The highest BCUT2D eigenvalue weighted by molar-refractivity contribution is 5.91. The van der Waals surface area contributed by atoms with Gasteiger partial charge in [0.15, 0.2) is 0 Å². The van der Waals surface area contributed by atoms with Crippen LogP contribution in [0.2, 0.25) is 0 Å². The van der Waals surface area contributed by atoms with E-state index in [0.29, 0.717) is 22.9 Å². The highest BCUT2D eigenvalue weighted by Crippen LogP contribution is 2.29. The van der Waals surface area contributed by atoms with E-state index in [1.165, 1.54) is 24.0 Å². The number of hydrogen-bond donors (Lipinski definition) is 1. The number of aromatic carboxylic acids is 1. The molecule has 2 aromatic carbocycles. The molecule has 0 aliphatic rings. The molecule has 144 valence electrons. The van der Waals surface area contributed by atoms with Crippen molar-refractivity contribution >= 4 is 17.6 Å². The molecule has 1 amide bonds. The third-order valence-electron chi connectivity index (χ3n) is 3.57. The molecule has 0 aliphatic carbocycles. The van der Waals surface area contributed by atoms with Gasteiger partial charge in [-0.05, 0) is 50.2 Å². The minimum atomic E-state index is -1.09. The molecule has 0 unspecified atom stereocenters. The Kier molecular flexibility index (Phi) is 6.76. The van der Waals surface area contributed by atoms with Crippen molar-refractivity contribution in [2.45, 2.75) is 26.9 Å². The first kappa shape index (κ1) is 20.2. The van der Waals surface area contributed by atoms with Crippen molar-refractivity contribution in [3.63, 3.8) is 0 Å². The Morgan fingerprint density at radius 2 is 1.70 bits per heavy atom. The Balaban J connectivity index is 2.24. The number of carbonyl (C=O) groups excluding carboxylic acids is 1. The van der Waals surface area contributed by atoms with Crippen LogP contribution in [0.3, 0.4) is 0 Å². The van der Waals surface area contributed by atoms with Crippen LogP contribution >= 0.6 is 0 Å². The van der Waals surface area contributed by atoms with Gasteiger partial charge < -0.3 is 19.5 Å². The Labute approximate surface area is 157 Å². The molecule has 0 spiro atoms. The molecular formula is C20H22FNO5. The monoisotopic (exact) mass is 375 g/mol. The Morgan fingerprint density at radius 1 is 1.07 bits per heavy atom. The maximum Gasteiger partial charge on any atom is 0.335 e. The molecule has 0 bridgehead atoms. The van der Waals surface area contributed by atoms with E-state index >= 15 is 0 Å². The van der Waals surface area contributed by atoms with Gasteiger partial charge in [-0.3, -0.25) is 4.79 Å². The van der Waals surface area contributed by atoms with E-state index in [4.69, 9.17) is 9.47 Å². The molecule has 0 aromatic heterocycles. The molecular weight excluding hydrogens is 353 g/mol. The maximum atomic E-state index is 12.6. The first-order chi connectivity index (χ1) is 12.8. The lowest BCUT2D eigenvalue weighted by molar-refractivity contribution is -0.116. The van der Waals surface area contributed by atoms with E-state index in [2.05, 4.69) is 0 Å². The van der Waals surface area contributed by atoms with Gasteiger partial charge in [0.25, 0.3) is 0 Å². The average Bonchev–Trinajstić information content (AvgIpc) is 2.59. The SMILES string of the molecule is CC(=O)N(CCF)c1ccc(Oc2cc(OC(C)C)cc(C(=O)O)c2)cc1. The number of alkyl halides is 1. The predicted octanol–water partition coefficient (Wildman–Crippen LogP) is 4.29. The number of carboxylic acid groups (broad SMARTS) is 1. The summed E-state index contributed by atoms with van der Waals surface area (Å²) in [5.74, 6) is -0.202. The molecule has 7 heteroatoms. The van der Waals surface area contributed by atoms with E-state index in [1.807, 2.05) is 13.8 Å². The van der Waals surface area contributed by atoms with Gasteiger partial charge in [-0.15, -0.1) is 0 Å². The molecule has 2 aromatic rings. The summed E-state index contributed by atoms with van der Waals surface area (Å²) < 4.78 is 23.9. The van der Waals surface area contributed by atoms with Crippen LogP contribution in [0.25, 0.3) is 0 Å². The summed E-state index contributed by atoms with van der Waals surface area (Å²) in [6.07, 6.45) is -0.116. The van der Waals surface area contributed by atoms with Crippen LogP contribution < -0.4 is 14.4 Å². The van der Waals surface area contributed by atoms with Gasteiger partial charge in [-0.1, -0.05) is 0 Å². The Bertz CT molecular complexity index is 805. The zero-order valence-corrected chi connectivity index (χ0v) is 15.4. The van der Waals surface area contributed by atoms with Crippen molar-refractivity contribution in [2.24, 2.45) is 0 Å². The molecule has 0 fully saturated rings. The number of carbonyl (C=O) groups is 2. The smallest absolute Gasteiger partial charge is 0.335 e. The first-order valence-corrected chi connectivity index (χ1v) is 8.47. The van der Waals surface area contributed by atoms with Gasteiger partial charge in [-0.2, -0.15) is 0 Å². The largest absolute Gasteiger partial charge is 0.491 e. The fourth-order valence-electron chi connectivity index (χ4n) is 2.48. The number of halogens is 1. The van der Waals surface area contributed by atoms with Crippen molar-refractivity contribution in [2.75, 3.05) is 18.1 Å². The number of ether oxygens (including phenoxy) is 2. The van der Waals surface area contributed by atoms with Crippen LogP contribution in [0.4, 0.5) is 10.1 Å². The predicted molar refractivity (Wildman–Crippen MR) is 99.7 cm³/mol. The molecule has 0 radical (unpaired) electrons. The quantitative estimate of drug-likeness (QED) is 0.745. The zero-order valence-electron chi connectivity index (χ0n) is 15.4. The summed E-state index contributed by atoms with van der Waals surface area (Å²) in [7, 11) is 0. The summed E-state index contributed by atoms with van der Waals surface area (Å²) in [6, 6.07) is 11.0. The van der Waals surface area contributed by atoms with Crippen LogP contribution in [0.1, 0.15) is 31.1 Å². The molecule has 0 saturated carbocycles. The van der Waals surface area contributed by atoms with E-state index in [9.17, 15) is 19.1 Å². The third kappa shape index (κ3) is 5.70. The van der Waals surface area contributed by atoms with Crippen molar-refractivity contribution in [3.8, 4) is 17.2 Å². The number of carboxylic acids is 1. The van der Waals surface area contributed by atoms with Gasteiger partial charge in [0, 0.05) is 18.7 Å². The standard InChI is InChI=1S/C20H22FNO5/c1-13(2)26-18-10-15(20(24)25)11-19(12-18)27-17-6-4-16(5-7-17)22(9-8-21)14(3)23/h4-7,10-13H,8-9H2,1-3H3,(H,24,25). The van der Waals surface area contributed by atoms with E-state index in [0.717, 1.165) is 0 Å². The van der Waals surface area contributed by atoms with E-state index in [1.54, 1.807) is 30.3 Å². The number of anilines is 1. The topological polar surface area (TPSA) is 76.1 Å². The molecule has 0 atom stereocenters. The van der Waals surface area contributed by atoms with Gasteiger partial charge in [-0.25, -0.2) is 9.18 Å². The highest BCUT2D eigenvalue weighted by Gasteiger charge is 2.13. The second-order valence-corrected chi connectivity index (χ2v) is 6.12. The summed E-state index contributed by atoms with van der Waals surface area (Å²) in [6.45, 7) is 4.38. The fraction of sp³-hybridized carbons (Fsp3) is 0.300. The summed E-state index contributed by atoms with van der Waals surface area (Å²) >= 11 is 0. The summed E-state index contributed by atoms with van der Waals surface area (Å²) in [4.78, 5) is 24.2. The maximum absolute atomic E-state index is 12.6. The second-order valence-electron chi connectivity index (χ2n) is 6.12. The summed E-state index contributed by atoms with van der Waals surface area (Å²) in [5.41, 5.74) is 0.598. The van der Waals surface area contributed by atoms with E-state index in [-0.39, 0.29) is 24.1 Å². The Hall–Kier alpha value is -3.09. The molecule has 0 saturated heterocycles. The Morgan fingerprint density at radius 3 is 2.22 bits per heavy atom. The highest BCUT2D eigenvalue weighted by atomic mass is 19.1. The van der Waals surface area contributed by atoms with Crippen molar-refractivity contribution in [3.05, 3.63) is 48.0 Å². The molecule has 0 aliphatic heterocycles. The van der Waals surface area contributed by atoms with Crippen LogP contribution in [-0.4, -0.2) is 36.3 Å². The molecule has 27 heavy (non-hydrogen) atoms. The van der Waals surface area contributed by atoms with Crippen LogP contribution in [0.15, 0.2) is 42.5 Å². The molecule has 1 N–H and O–H groups in total. The summed E-state index contributed by atoms with van der Waals surface area (Å²) in [5, 5.41) is 9.25. The van der Waals surface area contributed by atoms with Gasteiger partial charge in [0.05, 0.1) is 18.2 Å². The lowest BCUT2D eigenvalue weighted by Gasteiger charge is -2.20. The average molecular weight is 375 g/mol. The third-order valence-corrected chi connectivity index (χ3v) is 3.57. The van der Waals surface area contributed by atoms with E-state index < -0.39 is 12.6 Å². The normalized spacial score (nSPS) is 10.6. The molecule has 0 heterocycles. The van der Waals surface area contributed by atoms with Crippen LogP contribution in [0.5, 0.6) is 17.2 Å². The number of rotatable bonds is 8. The number of benzene rings is 2. The van der Waals surface area contributed by atoms with Crippen molar-refractivity contribution in [1.82, 2.24) is 0 Å². The molecule has 6 nitrogen and oxygen atoms in total. The van der Waals surface area contributed by atoms with Gasteiger partial charge in [0.1, 0.15) is 23.9 Å². The second kappa shape index (κ2) is 9.02. The van der Waals surface area contributed by atoms with Gasteiger partial charge in [0.2, 0.25) is 5.91 Å². The van der Waals surface area contributed by atoms with Crippen LogP contribution in [0, 0.1) is 0 Å². The van der Waals surface area contributed by atoms with Crippen molar-refractivity contribution in [1.29, 1.82) is 0 Å². The number of nitrogens with zero attached hydrogens (tertiary/aromatic N) is 1. The fourth-order valence-corrected chi connectivity index (χ4v) is 2.48.